The summed E-state index contributed by atoms with van der Waals surface area (Å²) in [5.41, 5.74) is 3.70. The van der Waals surface area contributed by atoms with Gasteiger partial charge >= 0.3 is 5.97 Å². The van der Waals surface area contributed by atoms with Crippen LogP contribution in [-0.4, -0.2) is 36.7 Å². The van der Waals surface area contributed by atoms with E-state index in [-0.39, 0.29) is 36.5 Å². The van der Waals surface area contributed by atoms with Crippen LogP contribution in [-0.2, 0) is 25.5 Å². The van der Waals surface area contributed by atoms with Gasteiger partial charge in [-0.2, -0.15) is 0 Å². The lowest BCUT2D eigenvalue weighted by molar-refractivity contribution is -0.147. The third-order valence-electron chi connectivity index (χ3n) is 5.96. The smallest absolute Gasteiger partial charge is 0.311 e. The quantitative estimate of drug-likeness (QED) is 0.573. The van der Waals surface area contributed by atoms with Crippen molar-refractivity contribution in [1.29, 1.82) is 0 Å². The molecule has 4 rings (SSSR count). The van der Waals surface area contributed by atoms with E-state index in [0.717, 1.165) is 23.2 Å². The first-order valence-electron chi connectivity index (χ1n) is 10.4. The van der Waals surface area contributed by atoms with Crippen LogP contribution in [0.5, 0.6) is 0 Å². The topological polar surface area (TPSA) is 92.8 Å². The Morgan fingerprint density at radius 2 is 1.94 bits per heavy atom. The molecule has 2 amide bonds. The van der Waals surface area contributed by atoms with Crippen molar-refractivity contribution in [2.75, 3.05) is 23.4 Å². The number of hydrogen-bond donors (Lipinski definition) is 1. The van der Waals surface area contributed by atoms with Crippen LogP contribution in [0.15, 0.2) is 42.5 Å². The Balaban J connectivity index is 1.38. The van der Waals surface area contributed by atoms with Gasteiger partial charge in [-0.1, -0.05) is 25.1 Å². The number of aryl methyl sites for hydroxylation is 1. The van der Waals surface area contributed by atoms with Gasteiger partial charge in [-0.25, -0.2) is 0 Å². The minimum atomic E-state index is -0.605. The number of rotatable bonds is 6. The van der Waals surface area contributed by atoms with Gasteiger partial charge in [0.2, 0.25) is 11.8 Å². The summed E-state index contributed by atoms with van der Waals surface area (Å²) >= 11 is 0. The van der Waals surface area contributed by atoms with Crippen molar-refractivity contribution in [2.24, 2.45) is 5.92 Å². The summed E-state index contributed by atoms with van der Waals surface area (Å²) in [6, 6.07) is 12.6. The van der Waals surface area contributed by atoms with Crippen LogP contribution in [0.4, 0.5) is 11.4 Å². The van der Waals surface area contributed by atoms with E-state index in [2.05, 4.69) is 5.32 Å². The van der Waals surface area contributed by atoms with E-state index in [1.807, 2.05) is 31.2 Å². The van der Waals surface area contributed by atoms with Crippen molar-refractivity contribution in [3.8, 4) is 0 Å². The molecule has 0 saturated carbocycles. The molecule has 2 aliphatic rings. The highest BCUT2D eigenvalue weighted by atomic mass is 16.5. The van der Waals surface area contributed by atoms with Crippen molar-refractivity contribution in [1.82, 2.24) is 0 Å². The minimum absolute atomic E-state index is 0.0647. The number of fused-ring (bicyclic) bond motifs is 1. The Hall–Kier alpha value is -3.48. The molecule has 2 heterocycles. The number of amides is 2. The Morgan fingerprint density at radius 3 is 2.71 bits per heavy atom. The van der Waals surface area contributed by atoms with E-state index in [1.165, 1.54) is 0 Å². The van der Waals surface area contributed by atoms with Crippen LogP contribution in [0.25, 0.3) is 0 Å². The van der Waals surface area contributed by atoms with Crippen molar-refractivity contribution in [3.63, 3.8) is 0 Å². The third-order valence-corrected chi connectivity index (χ3v) is 5.96. The largest absolute Gasteiger partial charge is 0.457 e. The lowest BCUT2D eigenvalue weighted by Gasteiger charge is -2.19. The van der Waals surface area contributed by atoms with Gasteiger partial charge < -0.3 is 15.0 Å². The molecule has 1 saturated heterocycles. The summed E-state index contributed by atoms with van der Waals surface area (Å²) in [6.45, 7) is 3.63. The molecule has 7 heteroatoms. The number of para-hydroxylation sites is 1. The second kappa shape index (κ2) is 8.34. The number of carbonyl (C=O) groups excluding carboxylic acids is 4. The number of nitrogens with one attached hydrogen (secondary N) is 1. The Labute approximate surface area is 180 Å². The zero-order chi connectivity index (χ0) is 22.1. The Morgan fingerprint density at radius 1 is 1.16 bits per heavy atom. The molecule has 2 atom stereocenters. The minimum Gasteiger partial charge on any atom is -0.457 e. The summed E-state index contributed by atoms with van der Waals surface area (Å²) < 4.78 is 5.25. The maximum Gasteiger partial charge on any atom is 0.311 e. The molecular formula is C24H24N2O5. The van der Waals surface area contributed by atoms with E-state index in [0.29, 0.717) is 11.3 Å². The standard InChI is InChI=1S/C24H24N2O5/c1-3-15-6-4-5-7-20(15)26-12-17(11-22(26)28)24(30)31-13-21(27)16-8-9-19-18(10-16)14(2)23(29)25-19/h4-10,14,17H,3,11-13H2,1-2H3,(H,25,29)/t14-,17+/m1/s1. The zero-order valence-corrected chi connectivity index (χ0v) is 17.5. The van der Waals surface area contributed by atoms with Gasteiger partial charge in [0, 0.05) is 29.9 Å². The number of hydrogen-bond acceptors (Lipinski definition) is 5. The maximum atomic E-state index is 12.5. The predicted octanol–water partition coefficient (Wildman–Crippen LogP) is 3.08. The molecular weight excluding hydrogens is 396 g/mol. The van der Waals surface area contributed by atoms with Crippen molar-refractivity contribution < 1.29 is 23.9 Å². The van der Waals surface area contributed by atoms with Crippen LogP contribution < -0.4 is 10.2 Å². The van der Waals surface area contributed by atoms with Gasteiger partial charge in [0.1, 0.15) is 0 Å². The lowest BCUT2D eigenvalue weighted by Crippen LogP contribution is -2.28. The number of benzene rings is 2. The van der Waals surface area contributed by atoms with E-state index >= 15 is 0 Å². The summed E-state index contributed by atoms with van der Waals surface area (Å²) in [4.78, 5) is 51.0. The summed E-state index contributed by atoms with van der Waals surface area (Å²) in [7, 11) is 0. The van der Waals surface area contributed by atoms with Crippen LogP contribution in [0.3, 0.4) is 0 Å². The molecule has 2 aromatic rings. The molecule has 2 aromatic carbocycles. The number of carbonyl (C=O) groups is 4. The van der Waals surface area contributed by atoms with Crippen molar-refractivity contribution >= 4 is 34.9 Å². The number of anilines is 2. The fourth-order valence-corrected chi connectivity index (χ4v) is 4.10. The van der Waals surface area contributed by atoms with Gasteiger partial charge in [0.05, 0.1) is 11.8 Å². The average Bonchev–Trinajstić information content (AvgIpc) is 3.30. The fraction of sp³-hybridized carbons (Fsp3) is 0.333. The number of ketones is 1. The molecule has 0 unspecified atom stereocenters. The van der Waals surface area contributed by atoms with Crippen LogP contribution >= 0.6 is 0 Å². The zero-order valence-electron chi connectivity index (χ0n) is 17.5. The van der Waals surface area contributed by atoms with E-state index in [4.69, 9.17) is 4.74 Å². The predicted molar refractivity (Wildman–Crippen MR) is 115 cm³/mol. The van der Waals surface area contributed by atoms with E-state index < -0.39 is 18.5 Å². The van der Waals surface area contributed by atoms with Crippen molar-refractivity contribution in [2.45, 2.75) is 32.6 Å². The highest BCUT2D eigenvalue weighted by Crippen LogP contribution is 2.33. The van der Waals surface area contributed by atoms with Crippen molar-refractivity contribution in [3.05, 3.63) is 59.2 Å². The molecule has 2 aliphatic heterocycles. The van der Waals surface area contributed by atoms with Gasteiger partial charge in [0.15, 0.2) is 12.4 Å². The molecule has 1 N–H and O–H groups in total. The number of nitrogens with zero attached hydrogens (tertiary/aromatic N) is 1. The Kier molecular flexibility index (Phi) is 5.59. The summed E-state index contributed by atoms with van der Waals surface area (Å²) in [5.74, 6) is -2.06. The first-order chi connectivity index (χ1) is 14.9. The fourth-order valence-electron chi connectivity index (χ4n) is 4.10. The summed E-state index contributed by atoms with van der Waals surface area (Å²) in [5, 5.41) is 2.76. The Bertz CT molecular complexity index is 1080. The third kappa shape index (κ3) is 3.95. The molecule has 0 aliphatic carbocycles. The van der Waals surface area contributed by atoms with E-state index in [1.54, 1.807) is 30.0 Å². The lowest BCUT2D eigenvalue weighted by atomic mass is 9.99. The van der Waals surface area contributed by atoms with Crippen LogP contribution in [0.2, 0.25) is 0 Å². The molecule has 0 aromatic heterocycles. The second-order valence-electron chi connectivity index (χ2n) is 7.93. The highest BCUT2D eigenvalue weighted by molar-refractivity contribution is 6.05. The molecule has 0 spiro atoms. The van der Waals surface area contributed by atoms with Gasteiger partial charge in [-0.3, -0.25) is 19.2 Å². The highest BCUT2D eigenvalue weighted by Gasteiger charge is 2.37. The van der Waals surface area contributed by atoms with Gasteiger partial charge in [-0.05, 0) is 48.7 Å². The maximum absolute atomic E-state index is 12.5. The molecule has 0 radical (unpaired) electrons. The molecule has 31 heavy (non-hydrogen) atoms. The molecule has 160 valence electrons. The van der Waals surface area contributed by atoms with Gasteiger partial charge in [-0.15, -0.1) is 0 Å². The van der Waals surface area contributed by atoms with Gasteiger partial charge in [0.25, 0.3) is 0 Å². The average molecular weight is 420 g/mol. The number of Topliss-reactive ketones (excluding diaryl/α,β-unsaturated/α-hetero) is 1. The molecule has 7 nitrogen and oxygen atoms in total. The number of esters is 1. The first kappa shape index (κ1) is 20.8. The second-order valence-corrected chi connectivity index (χ2v) is 7.93. The molecule has 0 bridgehead atoms. The monoisotopic (exact) mass is 420 g/mol. The SMILES string of the molecule is CCc1ccccc1N1C[C@@H](C(=O)OCC(=O)c2ccc3c(c2)[C@@H](C)C(=O)N3)CC1=O. The van der Waals surface area contributed by atoms with Crippen LogP contribution in [0, 0.1) is 5.92 Å². The normalized spacial score (nSPS) is 19.9. The summed E-state index contributed by atoms with van der Waals surface area (Å²) in [6.07, 6.45) is 0.847. The first-order valence-corrected chi connectivity index (χ1v) is 10.4. The number of ether oxygens (including phenoxy) is 1. The van der Waals surface area contributed by atoms with Crippen LogP contribution in [0.1, 0.15) is 47.7 Å². The van der Waals surface area contributed by atoms with E-state index in [9.17, 15) is 19.2 Å². The molecule has 1 fully saturated rings.